The van der Waals surface area contributed by atoms with E-state index in [1.54, 1.807) is 0 Å². The number of carbonyl (C=O) groups is 1. The molecule has 26 heavy (non-hydrogen) atoms. The highest BCUT2D eigenvalue weighted by Gasteiger charge is 2.30. The maximum atomic E-state index is 12.5. The van der Waals surface area contributed by atoms with Crippen molar-refractivity contribution in [3.05, 3.63) is 40.3 Å². The smallest absolute Gasteiger partial charge is 0.262 e. The van der Waals surface area contributed by atoms with Crippen LogP contribution in [0.5, 0.6) is 0 Å². The van der Waals surface area contributed by atoms with Gasteiger partial charge in [0.15, 0.2) is 12.2 Å². The van der Waals surface area contributed by atoms with Crippen LogP contribution in [-0.4, -0.2) is 16.5 Å². The molecular weight excluding hydrogens is 369 g/mol. The number of nitrogens with zero attached hydrogens (tertiary/aromatic N) is 2. The predicted molar refractivity (Wildman–Crippen MR) is 103 cm³/mol. The number of carbonyl (C=O) groups excluding carboxylic acids is 1. The fraction of sp³-hybridized carbons (Fsp3) is 0.500. The third kappa shape index (κ3) is 3.63. The first-order valence-electron chi connectivity index (χ1n) is 9.48. The van der Waals surface area contributed by atoms with Gasteiger partial charge in [-0.25, -0.2) is 9.13 Å². The van der Waals surface area contributed by atoms with Gasteiger partial charge in [-0.3, -0.25) is 4.79 Å². The van der Waals surface area contributed by atoms with E-state index < -0.39 is 0 Å². The summed E-state index contributed by atoms with van der Waals surface area (Å²) in [4.78, 5) is 12.5. The van der Waals surface area contributed by atoms with Crippen LogP contribution in [0.25, 0.3) is 11.3 Å². The molecule has 4 nitrogen and oxygen atoms in total. The standard InChI is InChI=1S/C20H23Cl2N3O/c21-16-9-8-14(11-17(16)22)18-12-24(20-7-4-10-25(18)20)13-19(26)23-15-5-2-1-3-6-15/h8-9,11-12,15H,1-7,10,13H2/p+1. The minimum Gasteiger partial charge on any atom is -0.350 e. The highest BCUT2D eigenvalue weighted by Crippen LogP contribution is 2.30. The molecule has 0 spiro atoms. The second kappa shape index (κ2) is 7.61. The van der Waals surface area contributed by atoms with Crippen molar-refractivity contribution in [2.75, 3.05) is 0 Å². The van der Waals surface area contributed by atoms with Gasteiger partial charge in [0.1, 0.15) is 6.20 Å². The molecule has 6 heteroatoms. The van der Waals surface area contributed by atoms with E-state index in [2.05, 4.69) is 20.6 Å². The van der Waals surface area contributed by atoms with Gasteiger partial charge in [-0.2, -0.15) is 0 Å². The third-order valence-electron chi connectivity index (χ3n) is 5.49. The van der Waals surface area contributed by atoms with Crippen molar-refractivity contribution in [3.63, 3.8) is 0 Å². The maximum Gasteiger partial charge on any atom is 0.262 e. The van der Waals surface area contributed by atoms with Crippen LogP contribution >= 0.6 is 23.2 Å². The Morgan fingerprint density at radius 2 is 1.96 bits per heavy atom. The summed E-state index contributed by atoms with van der Waals surface area (Å²) < 4.78 is 4.40. The van der Waals surface area contributed by atoms with Crippen LogP contribution in [0.15, 0.2) is 24.4 Å². The summed E-state index contributed by atoms with van der Waals surface area (Å²) in [6.45, 7) is 1.36. The largest absolute Gasteiger partial charge is 0.350 e. The normalized spacial score (nSPS) is 17.3. The Labute approximate surface area is 164 Å². The lowest BCUT2D eigenvalue weighted by Gasteiger charge is -2.22. The molecule has 1 saturated carbocycles. The van der Waals surface area contributed by atoms with E-state index in [1.165, 1.54) is 25.1 Å². The Kier molecular flexibility index (Phi) is 5.23. The van der Waals surface area contributed by atoms with E-state index in [9.17, 15) is 4.79 Å². The van der Waals surface area contributed by atoms with Gasteiger partial charge in [0, 0.05) is 11.6 Å². The topological polar surface area (TPSA) is 37.9 Å². The molecule has 2 aliphatic rings. The first-order valence-corrected chi connectivity index (χ1v) is 10.2. The van der Waals surface area contributed by atoms with Gasteiger partial charge in [-0.15, -0.1) is 0 Å². The van der Waals surface area contributed by atoms with Gasteiger partial charge in [-0.1, -0.05) is 42.5 Å². The monoisotopic (exact) mass is 392 g/mol. The van der Waals surface area contributed by atoms with Crippen molar-refractivity contribution in [2.45, 2.75) is 64.1 Å². The Morgan fingerprint density at radius 1 is 1.15 bits per heavy atom. The minimum atomic E-state index is 0.114. The fourth-order valence-electron chi connectivity index (χ4n) is 4.21. The summed E-state index contributed by atoms with van der Waals surface area (Å²) in [6, 6.07) is 6.06. The van der Waals surface area contributed by atoms with Crippen LogP contribution in [0.3, 0.4) is 0 Å². The number of amides is 1. The van der Waals surface area contributed by atoms with Gasteiger partial charge in [0.25, 0.3) is 11.7 Å². The molecule has 1 N–H and O–H groups in total. The third-order valence-corrected chi connectivity index (χ3v) is 6.23. The minimum absolute atomic E-state index is 0.114. The molecule has 0 bridgehead atoms. The van der Waals surface area contributed by atoms with Crippen LogP contribution in [0, 0.1) is 0 Å². The Balaban J connectivity index is 1.55. The zero-order valence-corrected chi connectivity index (χ0v) is 16.3. The van der Waals surface area contributed by atoms with Crippen LogP contribution in [0.1, 0.15) is 44.3 Å². The number of aromatic nitrogens is 2. The van der Waals surface area contributed by atoms with Crippen LogP contribution < -0.4 is 9.88 Å². The van der Waals surface area contributed by atoms with Gasteiger partial charge in [0.2, 0.25) is 0 Å². The molecule has 1 aromatic heterocycles. The molecule has 1 amide bonds. The van der Waals surface area contributed by atoms with E-state index >= 15 is 0 Å². The van der Waals surface area contributed by atoms with E-state index in [4.69, 9.17) is 23.2 Å². The summed E-state index contributed by atoms with van der Waals surface area (Å²) in [6.07, 6.45) is 10.1. The Morgan fingerprint density at radius 3 is 2.73 bits per heavy atom. The van der Waals surface area contributed by atoms with Gasteiger partial charge < -0.3 is 5.32 Å². The molecule has 4 rings (SSSR count). The molecule has 1 aromatic carbocycles. The van der Waals surface area contributed by atoms with E-state index in [0.29, 0.717) is 22.6 Å². The van der Waals surface area contributed by atoms with Gasteiger partial charge in [0.05, 0.1) is 23.0 Å². The molecule has 1 aliphatic carbocycles. The highest BCUT2D eigenvalue weighted by molar-refractivity contribution is 6.42. The van der Waals surface area contributed by atoms with E-state index in [0.717, 1.165) is 43.5 Å². The summed E-state index contributed by atoms with van der Waals surface area (Å²) in [7, 11) is 0. The SMILES string of the molecule is O=C(C[n+]1cc(-c2ccc(Cl)c(Cl)c2)n2c1CCC2)NC1CCCCC1. The summed E-state index contributed by atoms with van der Waals surface area (Å²) in [5.41, 5.74) is 2.13. The second-order valence-electron chi connectivity index (χ2n) is 7.34. The molecule has 0 unspecified atom stereocenters. The van der Waals surface area contributed by atoms with Crippen molar-refractivity contribution >= 4 is 29.1 Å². The van der Waals surface area contributed by atoms with Crippen LogP contribution in [0.2, 0.25) is 10.0 Å². The number of imidazole rings is 1. The predicted octanol–water partition coefficient (Wildman–Crippen LogP) is 4.14. The number of halogens is 2. The summed E-state index contributed by atoms with van der Waals surface area (Å²) >= 11 is 12.3. The summed E-state index contributed by atoms with van der Waals surface area (Å²) in [5.74, 6) is 1.33. The second-order valence-corrected chi connectivity index (χ2v) is 8.16. The highest BCUT2D eigenvalue weighted by atomic mass is 35.5. The zero-order chi connectivity index (χ0) is 18.1. The van der Waals surface area contributed by atoms with Gasteiger partial charge >= 0.3 is 0 Å². The number of nitrogens with one attached hydrogen (secondary N) is 1. The lowest BCUT2D eigenvalue weighted by molar-refractivity contribution is -0.690. The van der Waals surface area contributed by atoms with Crippen molar-refractivity contribution in [3.8, 4) is 11.3 Å². The summed E-state index contributed by atoms with van der Waals surface area (Å²) in [5, 5.41) is 4.33. The molecule has 2 aromatic rings. The maximum absolute atomic E-state index is 12.5. The molecular formula is C20H24Cl2N3O+. The number of hydrogen-bond donors (Lipinski definition) is 1. The molecule has 0 saturated heterocycles. The average Bonchev–Trinajstić information content (AvgIpc) is 3.22. The molecule has 138 valence electrons. The number of rotatable bonds is 4. The first kappa shape index (κ1) is 17.9. The Bertz CT molecular complexity index is 825. The van der Waals surface area contributed by atoms with Crippen LogP contribution in [-0.2, 0) is 24.3 Å². The fourth-order valence-corrected chi connectivity index (χ4v) is 4.51. The number of benzene rings is 1. The van der Waals surface area contributed by atoms with E-state index in [-0.39, 0.29) is 5.91 Å². The van der Waals surface area contributed by atoms with Crippen molar-refractivity contribution in [1.29, 1.82) is 0 Å². The van der Waals surface area contributed by atoms with Crippen LogP contribution in [0.4, 0.5) is 0 Å². The molecule has 1 fully saturated rings. The lowest BCUT2D eigenvalue weighted by Crippen LogP contribution is -2.47. The molecule has 1 aliphatic heterocycles. The van der Waals surface area contributed by atoms with Crippen molar-refractivity contribution < 1.29 is 9.36 Å². The van der Waals surface area contributed by atoms with Crippen molar-refractivity contribution in [2.24, 2.45) is 0 Å². The number of hydrogen-bond acceptors (Lipinski definition) is 1. The lowest BCUT2D eigenvalue weighted by atomic mass is 9.95. The number of fused-ring (bicyclic) bond motifs is 1. The quantitative estimate of drug-likeness (QED) is 0.779. The Hall–Kier alpha value is -1.52. The molecule has 0 radical (unpaired) electrons. The zero-order valence-electron chi connectivity index (χ0n) is 14.8. The molecule has 0 atom stereocenters. The van der Waals surface area contributed by atoms with Crippen molar-refractivity contribution in [1.82, 2.24) is 9.88 Å². The molecule has 2 heterocycles. The average molecular weight is 393 g/mol. The first-order chi connectivity index (χ1) is 12.6. The van der Waals surface area contributed by atoms with Gasteiger partial charge in [-0.05, 0) is 37.5 Å². The van der Waals surface area contributed by atoms with E-state index in [1.807, 2.05) is 18.2 Å².